The van der Waals surface area contributed by atoms with Gasteiger partial charge in [-0.05, 0) is 48.3 Å². The highest BCUT2D eigenvalue weighted by Gasteiger charge is 2.14. The molecule has 3 aromatic heterocycles. The quantitative estimate of drug-likeness (QED) is 0.319. The molecule has 0 fully saturated rings. The fourth-order valence-corrected chi connectivity index (χ4v) is 2.97. The zero-order valence-electron chi connectivity index (χ0n) is 15.4. The topological polar surface area (TPSA) is 121 Å². The van der Waals surface area contributed by atoms with Gasteiger partial charge in [0.15, 0.2) is 5.76 Å². The fourth-order valence-electron chi connectivity index (χ4n) is 2.69. The average molecular weight is 451 g/mol. The van der Waals surface area contributed by atoms with Gasteiger partial charge in [-0.2, -0.15) is 10.2 Å². The molecular formula is C17H19BrN6O4. The number of carbonyl (C=O) groups is 1. The number of furan rings is 1. The number of nitrogens with zero attached hydrogens (tertiary/aromatic N) is 5. The molecule has 0 atom stereocenters. The minimum Gasteiger partial charge on any atom is -0.454 e. The van der Waals surface area contributed by atoms with Gasteiger partial charge in [0.05, 0.1) is 21.6 Å². The van der Waals surface area contributed by atoms with E-state index in [-0.39, 0.29) is 23.9 Å². The van der Waals surface area contributed by atoms with Crippen molar-refractivity contribution in [1.29, 1.82) is 0 Å². The molecule has 3 rings (SSSR count). The maximum atomic E-state index is 12.2. The standard InChI is InChI=1S/C17H19BrN6O4/c1-11-16(18)12(2)23(21-11)7-3-6-19-17(25)15-5-4-14(28-15)10-22-9-13(8-20-22)24(26)27/h4-5,8-9H,3,6-7,10H2,1-2H3,(H,19,25). The van der Waals surface area contributed by atoms with Crippen molar-refractivity contribution in [3.63, 3.8) is 0 Å². The van der Waals surface area contributed by atoms with Crippen molar-refractivity contribution in [2.24, 2.45) is 0 Å². The second-order valence-corrected chi connectivity index (χ2v) is 7.03. The first-order valence-electron chi connectivity index (χ1n) is 8.58. The van der Waals surface area contributed by atoms with Gasteiger partial charge < -0.3 is 9.73 Å². The zero-order chi connectivity index (χ0) is 20.3. The van der Waals surface area contributed by atoms with Gasteiger partial charge in [-0.15, -0.1) is 0 Å². The lowest BCUT2D eigenvalue weighted by atomic mass is 10.3. The number of amides is 1. The summed E-state index contributed by atoms with van der Waals surface area (Å²) in [6, 6.07) is 3.22. The van der Waals surface area contributed by atoms with E-state index in [1.807, 2.05) is 18.5 Å². The number of aryl methyl sites for hydroxylation is 2. The Morgan fingerprint density at radius 1 is 1.39 bits per heavy atom. The molecule has 0 aliphatic carbocycles. The molecule has 0 aromatic carbocycles. The van der Waals surface area contributed by atoms with Gasteiger partial charge >= 0.3 is 5.69 Å². The number of hydrogen-bond donors (Lipinski definition) is 1. The molecule has 3 heterocycles. The lowest BCUT2D eigenvalue weighted by Gasteiger charge is -2.05. The monoisotopic (exact) mass is 450 g/mol. The van der Waals surface area contributed by atoms with Crippen molar-refractivity contribution < 1.29 is 14.1 Å². The summed E-state index contributed by atoms with van der Waals surface area (Å²) in [7, 11) is 0. The van der Waals surface area contributed by atoms with Crippen molar-refractivity contribution in [3.05, 3.63) is 62.0 Å². The molecular weight excluding hydrogens is 432 g/mol. The van der Waals surface area contributed by atoms with Crippen LogP contribution in [0.1, 0.15) is 34.1 Å². The first-order valence-corrected chi connectivity index (χ1v) is 9.37. The van der Waals surface area contributed by atoms with Crippen molar-refractivity contribution in [2.45, 2.75) is 33.4 Å². The van der Waals surface area contributed by atoms with E-state index in [2.05, 4.69) is 31.4 Å². The summed E-state index contributed by atoms with van der Waals surface area (Å²) >= 11 is 3.49. The van der Waals surface area contributed by atoms with Crippen LogP contribution in [0.5, 0.6) is 0 Å². The SMILES string of the molecule is Cc1nn(CCCNC(=O)c2ccc(Cn3cc([N+](=O)[O-])cn3)o2)c(C)c1Br. The van der Waals surface area contributed by atoms with E-state index in [9.17, 15) is 14.9 Å². The highest BCUT2D eigenvalue weighted by atomic mass is 79.9. The predicted octanol–water partition coefficient (Wildman–Crippen LogP) is 2.83. The minimum absolute atomic E-state index is 0.0980. The van der Waals surface area contributed by atoms with Gasteiger partial charge in [0.1, 0.15) is 18.2 Å². The third kappa shape index (κ3) is 4.47. The Morgan fingerprint density at radius 2 is 2.18 bits per heavy atom. The molecule has 0 aliphatic heterocycles. The first kappa shape index (κ1) is 19.8. The van der Waals surface area contributed by atoms with Crippen molar-refractivity contribution in [3.8, 4) is 0 Å². The summed E-state index contributed by atoms with van der Waals surface area (Å²) in [4.78, 5) is 22.4. The van der Waals surface area contributed by atoms with Gasteiger partial charge in [-0.25, -0.2) is 0 Å². The molecule has 1 N–H and O–H groups in total. The summed E-state index contributed by atoms with van der Waals surface area (Å²) in [5.74, 6) is 0.355. The molecule has 11 heteroatoms. The number of nitro groups is 1. The van der Waals surface area contributed by atoms with Crippen LogP contribution in [0.3, 0.4) is 0 Å². The van der Waals surface area contributed by atoms with Crippen LogP contribution in [0.25, 0.3) is 0 Å². The number of carbonyl (C=O) groups excluding carboxylic acids is 1. The van der Waals surface area contributed by atoms with Gasteiger partial charge in [-0.3, -0.25) is 24.3 Å². The third-order valence-corrected chi connectivity index (χ3v) is 5.31. The summed E-state index contributed by atoms with van der Waals surface area (Å²) in [6.45, 7) is 5.30. The van der Waals surface area contributed by atoms with Gasteiger partial charge in [0.2, 0.25) is 0 Å². The van der Waals surface area contributed by atoms with Crippen molar-refractivity contribution in [2.75, 3.05) is 6.54 Å². The Hall–Kier alpha value is -2.95. The highest BCUT2D eigenvalue weighted by Crippen LogP contribution is 2.19. The van der Waals surface area contributed by atoms with Crippen LogP contribution in [0.4, 0.5) is 5.69 Å². The molecule has 0 spiro atoms. The molecule has 0 radical (unpaired) electrons. The Morgan fingerprint density at radius 3 is 2.82 bits per heavy atom. The highest BCUT2D eigenvalue weighted by molar-refractivity contribution is 9.10. The summed E-state index contributed by atoms with van der Waals surface area (Å²) < 4.78 is 9.79. The molecule has 0 bridgehead atoms. The molecule has 28 heavy (non-hydrogen) atoms. The number of hydrogen-bond acceptors (Lipinski definition) is 6. The average Bonchev–Trinajstić information content (AvgIpc) is 3.37. The third-order valence-electron chi connectivity index (χ3n) is 4.16. The maximum Gasteiger partial charge on any atom is 0.307 e. The van der Waals surface area contributed by atoms with E-state index in [4.69, 9.17) is 4.42 Å². The molecule has 0 aliphatic rings. The summed E-state index contributed by atoms with van der Waals surface area (Å²) in [6.07, 6.45) is 3.20. The first-order chi connectivity index (χ1) is 13.3. The number of halogens is 1. The largest absolute Gasteiger partial charge is 0.454 e. The van der Waals surface area contributed by atoms with Crippen molar-refractivity contribution >= 4 is 27.5 Å². The van der Waals surface area contributed by atoms with E-state index < -0.39 is 4.92 Å². The van der Waals surface area contributed by atoms with E-state index >= 15 is 0 Å². The van der Waals surface area contributed by atoms with Crippen molar-refractivity contribution in [1.82, 2.24) is 24.9 Å². The van der Waals surface area contributed by atoms with E-state index in [0.717, 1.165) is 28.5 Å². The van der Waals surface area contributed by atoms with E-state index in [1.54, 1.807) is 12.1 Å². The Bertz CT molecular complexity index is 1010. The van der Waals surface area contributed by atoms with Crippen LogP contribution in [0, 0.1) is 24.0 Å². The zero-order valence-corrected chi connectivity index (χ0v) is 17.0. The normalized spacial score (nSPS) is 11.0. The Kier molecular flexibility index (Phi) is 5.93. The molecule has 0 saturated carbocycles. The van der Waals surface area contributed by atoms with Crippen LogP contribution in [0.15, 0.2) is 33.4 Å². The Labute approximate surface area is 168 Å². The number of aromatic nitrogens is 4. The lowest BCUT2D eigenvalue weighted by Crippen LogP contribution is -2.25. The van der Waals surface area contributed by atoms with E-state index in [0.29, 0.717) is 18.8 Å². The van der Waals surface area contributed by atoms with Crippen LogP contribution in [-0.2, 0) is 13.1 Å². The smallest absolute Gasteiger partial charge is 0.307 e. The second-order valence-electron chi connectivity index (χ2n) is 6.24. The molecule has 0 unspecified atom stereocenters. The van der Waals surface area contributed by atoms with Crippen LogP contribution < -0.4 is 5.32 Å². The van der Waals surface area contributed by atoms with E-state index in [1.165, 1.54) is 10.9 Å². The molecule has 3 aromatic rings. The fraction of sp³-hybridized carbons (Fsp3) is 0.353. The van der Waals surface area contributed by atoms with Crippen LogP contribution in [0.2, 0.25) is 0 Å². The van der Waals surface area contributed by atoms with Gasteiger partial charge in [0, 0.05) is 18.8 Å². The number of rotatable bonds is 8. The van der Waals surface area contributed by atoms with Crippen LogP contribution >= 0.6 is 15.9 Å². The minimum atomic E-state index is -0.519. The van der Waals surface area contributed by atoms with Crippen LogP contribution in [-0.4, -0.2) is 36.9 Å². The molecule has 10 nitrogen and oxygen atoms in total. The lowest BCUT2D eigenvalue weighted by molar-refractivity contribution is -0.385. The second kappa shape index (κ2) is 8.38. The summed E-state index contributed by atoms with van der Waals surface area (Å²) in [5.41, 5.74) is 1.89. The predicted molar refractivity (Wildman–Crippen MR) is 103 cm³/mol. The van der Waals surface area contributed by atoms with Gasteiger partial charge in [-0.1, -0.05) is 0 Å². The van der Waals surface area contributed by atoms with Gasteiger partial charge in [0.25, 0.3) is 5.91 Å². The Balaban J connectivity index is 1.48. The molecule has 148 valence electrons. The maximum absolute atomic E-state index is 12.2. The molecule has 1 amide bonds. The summed E-state index contributed by atoms with van der Waals surface area (Å²) in [5, 5.41) is 21.8. The molecule has 0 saturated heterocycles. The number of nitrogens with one attached hydrogen (secondary N) is 1.